The van der Waals surface area contributed by atoms with E-state index in [2.05, 4.69) is 9.97 Å². The van der Waals surface area contributed by atoms with Crippen molar-refractivity contribution in [3.63, 3.8) is 0 Å². The number of amides is 1. The summed E-state index contributed by atoms with van der Waals surface area (Å²) in [6.07, 6.45) is 3.99. The van der Waals surface area contributed by atoms with E-state index < -0.39 is 5.69 Å². The van der Waals surface area contributed by atoms with Gasteiger partial charge in [-0.25, -0.2) is 9.78 Å². The first-order valence-corrected chi connectivity index (χ1v) is 8.73. The fraction of sp³-hybridized carbons (Fsp3) is 0.316. The molecule has 1 amide bonds. The van der Waals surface area contributed by atoms with Crippen molar-refractivity contribution in [2.24, 2.45) is 14.1 Å². The maximum absolute atomic E-state index is 12.6. The highest BCUT2D eigenvalue weighted by atomic mass is 16.2. The Morgan fingerprint density at radius 3 is 2.56 bits per heavy atom. The maximum atomic E-state index is 12.6. The zero-order valence-electron chi connectivity index (χ0n) is 15.1. The van der Waals surface area contributed by atoms with Crippen LogP contribution in [0.1, 0.15) is 28.4 Å². The van der Waals surface area contributed by atoms with E-state index in [-0.39, 0.29) is 17.4 Å². The molecule has 1 aliphatic rings. The van der Waals surface area contributed by atoms with Crippen LogP contribution >= 0.6 is 0 Å². The molecule has 3 aromatic rings. The van der Waals surface area contributed by atoms with Crippen LogP contribution in [0.2, 0.25) is 0 Å². The van der Waals surface area contributed by atoms with E-state index in [4.69, 9.17) is 0 Å². The predicted molar refractivity (Wildman–Crippen MR) is 99.7 cm³/mol. The third kappa shape index (κ3) is 2.83. The van der Waals surface area contributed by atoms with E-state index in [1.807, 2.05) is 6.07 Å². The van der Waals surface area contributed by atoms with Crippen LogP contribution in [0, 0.1) is 0 Å². The van der Waals surface area contributed by atoms with Crippen molar-refractivity contribution in [3.05, 3.63) is 68.8 Å². The molecule has 27 heavy (non-hydrogen) atoms. The number of fused-ring (bicyclic) bond motifs is 1. The number of hydrogen-bond donors (Lipinski definition) is 0. The fourth-order valence-electron chi connectivity index (χ4n) is 3.56. The van der Waals surface area contributed by atoms with Crippen molar-refractivity contribution in [2.45, 2.75) is 12.3 Å². The molecule has 0 spiro atoms. The van der Waals surface area contributed by atoms with E-state index >= 15 is 0 Å². The Balaban J connectivity index is 1.65. The van der Waals surface area contributed by atoms with E-state index in [1.54, 1.807) is 42.5 Å². The second-order valence-electron chi connectivity index (χ2n) is 6.79. The molecule has 3 aromatic heterocycles. The second-order valence-corrected chi connectivity index (χ2v) is 6.79. The van der Waals surface area contributed by atoms with Gasteiger partial charge in [0.1, 0.15) is 5.65 Å². The van der Waals surface area contributed by atoms with Crippen LogP contribution in [0.4, 0.5) is 0 Å². The second kappa shape index (κ2) is 6.46. The monoisotopic (exact) mass is 365 g/mol. The topological polar surface area (TPSA) is 90.1 Å². The molecule has 0 aromatic carbocycles. The van der Waals surface area contributed by atoms with Crippen molar-refractivity contribution in [2.75, 3.05) is 13.1 Å². The summed E-state index contributed by atoms with van der Waals surface area (Å²) in [5.74, 6) is 0.0429. The summed E-state index contributed by atoms with van der Waals surface area (Å²) < 4.78 is 2.46. The van der Waals surface area contributed by atoms with E-state index in [0.717, 1.165) is 16.7 Å². The Kier molecular flexibility index (Phi) is 4.10. The lowest BCUT2D eigenvalue weighted by molar-refractivity contribution is 0.0790. The Hall–Kier alpha value is -3.29. The maximum Gasteiger partial charge on any atom is 0.332 e. The Bertz CT molecular complexity index is 1150. The Labute approximate surface area is 154 Å². The third-order valence-corrected chi connectivity index (χ3v) is 5.14. The number of likely N-dealkylation sites (tertiary alicyclic amines) is 1. The summed E-state index contributed by atoms with van der Waals surface area (Å²) in [6, 6.07) is 6.94. The summed E-state index contributed by atoms with van der Waals surface area (Å²) in [5.41, 5.74) is 1.02. The molecular formula is C19H19N5O3. The van der Waals surface area contributed by atoms with E-state index in [0.29, 0.717) is 29.7 Å². The Morgan fingerprint density at radius 1 is 1.07 bits per heavy atom. The average molecular weight is 365 g/mol. The van der Waals surface area contributed by atoms with Gasteiger partial charge < -0.3 is 4.90 Å². The number of aromatic nitrogens is 4. The van der Waals surface area contributed by atoms with Crippen LogP contribution in [0.15, 0.2) is 46.2 Å². The molecule has 1 fully saturated rings. The van der Waals surface area contributed by atoms with Crippen LogP contribution in [-0.2, 0) is 14.1 Å². The lowest BCUT2D eigenvalue weighted by Crippen LogP contribution is -2.37. The van der Waals surface area contributed by atoms with Gasteiger partial charge in [0, 0.05) is 56.8 Å². The summed E-state index contributed by atoms with van der Waals surface area (Å²) in [6.45, 7) is 1.19. The number of carbonyl (C=O) groups is 1. The molecule has 1 unspecified atom stereocenters. The number of aryl methyl sites for hydroxylation is 1. The van der Waals surface area contributed by atoms with Crippen molar-refractivity contribution in [1.82, 2.24) is 24.0 Å². The highest BCUT2D eigenvalue weighted by molar-refractivity contribution is 5.94. The number of nitrogens with zero attached hydrogens (tertiary/aromatic N) is 5. The zero-order valence-corrected chi connectivity index (χ0v) is 15.1. The molecule has 138 valence electrons. The van der Waals surface area contributed by atoms with Gasteiger partial charge in [-0.3, -0.25) is 23.7 Å². The molecule has 0 N–H and O–H groups in total. The quantitative estimate of drug-likeness (QED) is 0.665. The predicted octanol–water partition coefficient (Wildman–Crippen LogP) is 0.657. The summed E-state index contributed by atoms with van der Waals surface area (Å²) in [5, 5.41) is 0.408. The number of pyridine rings is 2. The minimum Gasteiger partial charge on any atom is -0.338 e. The number of hydrogen-bond acceptors (Lipinski definition) is 5. The minimum atomic E-state index is -0.405. The van der Waals surface area contributed by atoms with Crippen molar-refractivity contribution in [1.29, 1.82) is 0 Å². The highest BCUT2D eigenvalue weighted by Crippen LogP contribution is 2.27. The van der Waals surface area contributed by atoms with Gasteiger partial charge in [0.2, 0.25) is 0 Å². The van der Waals surface area contributed by atoms with Crippen LogP contribution in [0.5, 0.6) is 0 Å². The lowest BCUT2D eigenvalue weighted by Gasteiger charge is -2.16. The molecule has 0 saturated carbocycles. The van der Waals surface area contributed by atoms with Gasteiger partial charge in [-0.1, -0.05) is 0 Å². The number of carbonyl (C=O) groups excluding carboxylic acids is 1. The van der Waals surface area contributed by atoms with E-state index in [1.165, 1.54) is 11.6 Å². The van der Waals surface area contributed by atoms with Crippen molar-refractivity contribution in [3.8, 4) is 0 Å². The molecule has 4 heterocycles. The zero-order chi connectivity index (χ0) is 19.1. The first kappa shape index (κ1) is 17.1. The average Bonchev–Trinajstić information content (AvgIpc) is 3.20. The first-order chi connectivity index (χ1) is 13.0. The van der Waals surface area contributed by atoms with Crippen LogP contribution in [0.25, 0.3) is 11.0 Å². The molecule has 1 saturated heterocycles. The SMILES string of the molecule is Cn1c(=O)c2ccc(C3CCN(C(=O)c4ccncc4)C3)nc2n(C)c1=O. The van der Waals surface area contributed by atoms with Crippen LogP contribution in [-0.4, -0.2) is 43.0 Å². The molecule has 8 nitrogen and oxygen atoms in total. The minimum absolute atomic E-state index is 0.0260. The van der Waals surface area contributed by atoms with Crippen molar-refractivity contribution < 1.29 is 4.79 Å². The smallest absolute Gasteiger partial charge is 0.332 e. The summed E-state index contributed by atoms with van der Waals surface area (Å²) in [7, 11) is 3.06. The molecule has 1 aliphatic heterocycles. The van der Waals surface area contributed by atoms with Crippen LogP contribution < -0.4 is 11.2 Å². The standard InChI is InChI=1S/C19H19N5O3/c1-22-16-14(18(26)23(2)19(22)27)3-4-15(21-16)13-7-10-24(11-13)17(25)12-5-8-20-9-6-12/h3-6,8-9,13H,7,10-11H2,1-2H3. The largest absolute Gasteiger partial charge is 0.338 e. The molecule has 8 heteroatoms. The van der Waals surface area contributed by atoms with Gasteiger partial charge in [0.25, 0.3) is 11.5 Å². The molecular weight excluding hydrogens is 346 g/mol. The van der Waals surface area contributed by atoms with Crippen molar-refractivity contribution >= 4 is 16.9 Å². The van der Waals surface area contributed by atoms with Gasteiger partial charge in [0.05, 0.1) is 5.39 Å². The molecule has 0 radical (unpaired) electrons. The van der Waals surface area contributed by atoms with Gasteiger partial charge in [0.15, 0.2) is 0 Å². The van der Waals surface area contributed by atoms with Gasteiger partial charge in [-0.05, 0) is 30.7 Å². The number of rotatable bonds is 2. The molecule has 1 atom stereocenters. The third-order valence-electron chi connectivity index (χ3n) is 5.14. The summed E-state index contributed by atoms with van der Waals surface area (Å²) >= 11 is 0. The molecule has 0 aliphatic carbocycles. The lowest BCUT2D eigenvalue weighted by atomic mass is 10.0. The molecule has 4 rings (SSSR count). The highest BCUT2D eigenvalue weighted by Gasteiger charge is 2.29. The first-order valence-electron chi connectivity index (χ1n) is 8.73. The molecule has 0 bridgehead atoms. The van der Waals surface area contributed by atoms with E-state index in [9.17, 15) is 14.4 Å². The van der Waals surface area contributed by atoms with Crippen LogP contribution in [0.3, 0.4) is 0 Å². The Morgan fingerprint density at radius 2 is 1.81 bits per heavy atom. The summed E-state index contributed by atoms with van der Waals surface area (Å²) in [4.78, 5) is 47.4. The fourth-order valence-corrected chi connectivity index (χ4v) is 3.56. The van der Waals surface area contributed by atoms with Gasteiger partial charge in [-0.15, -0.1) is 0 Å². The normalized spacial score (nSPS) is 16.8. The van der Waals surface area contributed by atoms with Gasteiger partial charge >= 0.3 is 5.69 Å². The van der Waals surface area contributed by atoms with Gasteiger partial charge in [-0.2, -0.15) is 0 Å².